The van der Waals surface area contributed by atoms with Gasteiger partial charge in [0.2, 0.25) is 5.91 Å². The Labute approximate surface area is 179 Å². The van der Waals surface area contributed by atoms with Crippen LogP contribution in [0.3, 0.4) is 0 Å². The molecule has 1 aromatic rings. The number of nitrogens with one attached hydrogen (secondary N) is 2. The zero-order valence-electron chi connectivity index (χ0n) is 18.6. The molecule has 0 saturated heterocycles. The molecule has 7 heteroatoms. The van der Waals surface area contributed by atoms with Crippen molar-refractivity contribution in [2.75, 3.05) is 39.2 Å². The lowest BCUT2D eigenvalue weighted by molar-refractivity contribution is -0.119. The topological polar surface area (TPSA) is 79.9 Å². The van der Waals surface area contributed by atoms with E-state index in [4.69, 9.17) is 9.47 Å². The number of rotatable bonds is 3. The summed E-state index contributed by atoms with van der Waals surface area (Å²) < 4.78 is 11.7. The van der Waals surface area contributed by atoms with E-state index in [1.165, 1.54) is 0 Å². The Balaban J connectivity index is 1.83. The fraction of sp³-hybridized carbons (Fsp3) is 0.652. The van der Waals surface area contributed by atoms with Crippen LogP contribution in [-0.2, 0) is 9.53 Å². The van der Waals surface area contributed by atoms with Gasteiger partial charge in [-0.25, -0.2) is 0 Å². The van der Waals surface area contributed by atoms with Crippen LogP contribution in [0.5, 0.6) is 5.75 Å². The number of benzene rings is 1. The molecule has 0 unspecified atom stereocenters. The number of anilines is 1. The summed E-state index contributed by atoms with van der Waals surface area (Å²) in [6.45, 7) is 5.86. The number of ether oxygens (including phenoxy) is 2. The van der Waals surface area contributed by atoms with E-state index in [0.29, 0.717) is 30.2 Å². The summed E-state index contributed by atoms with van der Waals surface area (Å²) in [7, 11) is 3.47. The monoisotopic (exact) mass is 417 g/mol. The number of methoxy groups -OCH3 is 1. The average molecular weight is 418 g/mol. The van der Waals surface area contributed by atoms with Gasteiger partial charge >= 0.3 is 0 Å². The normalized spacial score (nSPS) is 26.3. The highest BCUT2D eigenvalue weighted by Gasteiger charge is 2.26. The molecule has 7 nitrogen and oxygen atoms in total. The molecule has 1 fully saturated rings. The molecule has 1 heterocycles. The first-order valence-corrected chi connectivity index (χ1v) is 11.0. The predicted octanol–water partition coefficient (Wildman–Crippen LogP) is 2.91. The van der Waals surface area contributed by atoms with Crippen LogP contribution in [0.4, 0.5) is 5.69 Å². The Morgan fingerprint density at radius 2 is 2.00 bits per heavy atom. The molecule has 1 aromatic carbocycles. The summed E-state index contributed by atoms with van der Waals surface area (Å²) in [5, 5.41) is 6.48. The summed E-state index contributed by atoms with van der Waals surface area (Å²) in [4.78, 5) is 27.3. The molecule has 3 atom stereocenters. The van der Waals surface area contributed by atoms with Gasteiger partial charge < -0.3 is 25.0 Å². The molecule has 30 heavy (non-hydrogen) atoms. The van der Waals surface area contributed by atoms with Crippen molar-refractivity contribution < 1.29 is 19.1 Å². The van der Waals surface area contributed by atoms with Crippen LogP contribution in [0, 0.1) is 11.8 Å². The van der Waals surface area contributed by atoms with E-state index in [0.717, 1.165) is 32.2 Å². The molecule has 0 radical (unpaired) electrons. The minimum atomic E-state index is -0.117. The molecule has 1 saturated carbocycles. The smallest absolute Gasteiger partial charge is 0.257 e. The zero-order valence-corrected chi connectivity index (χ0v) is 18.6. The lowest BCUT2D eigenvalue weighted by Crippen LogP contribution is -2.44. The standard InChI is InChI=1S/C23H35N3O4/c1-15-12-24-16(2)14-30-20-11-18(25-22(27)17-7-5-6-8-17)9-10-19(20)23(28)26(3)13-21(15)29-4/h9-11,15-17,21,24H,5-8,12-14H2,1-4H3,(H,25,27)/t15-,16-,21+/m0/s1. The number of carbonyl (C=O) groups is 2. The minimum absolute atomic E-state index is 0.0519. The molecule has 0 aromatic heterocycles. The Morgan fingerprint density at radius 3 is 2.70 bits per heavy atom. The third-order valence-electron chi connectivity index (χ3n) is 6.22. The first-order valence-electron chi connectivity index (χ1n) is 11.0. The van der Waals surface area contributed by atoms with Crippen molar-refractivity contribution in [2.45, 2.75) is 51.7 Å². The molecule has 1 aliphatic heterocycles. The Morgan fingerprint density at radius 1 is 1.27 bits per heavy atom. The molecule has 2 amide bonds. The van der Waals surface area contributed by atoms with Crippen LogP contribution in [0.15, 0.2) is 18.2 Å². The highest BCUT2D eigenvalue weighted by molar-refractivity contribution is 5.98. The lowest BCUT2D eigenvalue weighted by atomic mass is 10.0. The van der Waals surface area contributed by atoms with Crippen molar-refractivity contribution in [2.24, 2.45) is 11.8 Å². The Bertz CT molecular complexity index is 748. The van der Waals surface area contributed by atoms with Gasteiger partial charge in [0.15, 0.2) is 0 Å². The maximum absolute atomic E-state index is 13.1. The van der Waals surface area contributed by atoms with Crippen LogP contribution in [-0.4, -0.2) is 62.7 Å². The summed E-state index contributed by atoms with van der Waals surface area (Å²) in [5.41, 5.74) is 1.16. The summed E-state index contributed by atoms with van der Waals surface area (Å²) in [5.74, 6) is 0.758. The number of likely N-dealkylation sites (N-methyl/N-ethyl adjacent to an activating group) is 1. The van der Waals surface area contributed by atoms with E-state index in [-0.39, 0.29) is 35.8 Å². The summed E-state index contributed by atoms with van der Waals surface area (Å²) in [6, 6.07) is 5.41. The zero-order chi connectivity index (χ0) is 21.7. The quantitative estimate of drug-likeness (QED) is 0.791. The van der Waals surface area contributed by atoms with E-state index in [1.807, 2.05) is 0 Å². The fourth-order valence-electron chi connectivity index (χ4n) is 4.17. The maximum Gasteiger partial charge on any atom is 0.257 e. The van der Waals surface area contributed by atoms with Crippen molar-refractivity contribution in [1.29, 1.82) is 0 Å². The van der Waals surface area contributed by atoms with Crippen molar-refractivity contribution in [3.8, 4) is 5.75 Å². The summed E-state index contributed by atoms with van der Waals surface area (Å²) in [6.07, 6.45) is 4.04. The molecule has 2 aliphatic rings. The third-order valence-corrected chi connectivity index (χ3v) is 6.22. The van der Waals surface area contributed by atoms with Crippen LogP contribution < -0.4 is 15.4 Å². The largest absolute Gasteiger partial charge is 0.491 e. The first kappa shape index (κ1) is 22.6. The van der Waals surface area contributed by atoms with Gasteiger partial charge in [-0.3, -0.25) is 9.59 Å². The lowest BCUT2D eigenvalue weighted by Gasteiger charge is -2.30. The molecular formula is C23H35N3O4. The second-order valence-electron chi connectivity index (χ2n) is 8.74. The van der Waals surface area contributed by atoms with Gasteiger partial charge in [0, 0.05) is 51.0 Å². The second kappa shape index (κ2) is 10.3. The molecule has 0 spiro atoms. The van der Waals surface area contributed by atoms with Crippen molar-refractivity contribution >= 4 is 17.5 Å². The maximum atomic E-state index is 13.1. The van der Waals surface area contributed by atoms with Gasteiger partial charge in [0.05, 0.1) is 11.7 Å². The number of amides is 2. The number of hydrogen-bond acceptors (Lipinski definition) is 5. The van der Waals surface area contributed by atoms with E-state index < -0.39 is 0 Å². The van der Waals surface area contributed by atoms with Gasteiger partial charge in [-0.1, -0.05) is 19.8 Å². The first-order chi connectivity index (χ1) is 14.4. The van der Waals surface area contributed by atoms with Crippen LogP contribution >= 0.6 is 0 Å². The van der Waals surface area contributed by atoms with Crippen LogP contribution in [0.1, 0.15) is 49.9 Å². The highest BCUT2D eigenvalue weighted by atomic mass is 16.5. The van der Waals surface area contributed by atoms with Crippen molar-refractivity contribution in [3.63, 3.8) is 0 Å². The average Bonchev–Trinajstić information content (AvgIpc) is 3.28. The summed E-state index contributed by atoms with van der Waals surface area (Å²) >= 11 is 0. The van der Waals surface area contributed by atoms with E-state index >= 15 is 0 Å². The van der Waals surface area contributed by atoms with E-state index in [2.05, 4.69) is 24.5 Å². The Kier molecular flexibility index (Phi) is 7.72. The van der Waals surface area contributed by atoms with Crippen molar-refractivity contribution in [3.05, 3.63) is 23.8 Å². The molecule has 0 bridgehead atoms. The third kappa shape index (κ3) is 5.52. The number of fused-ring (bicyclic) bond motifs is 1. The fourth-order valence-corrected chi connectivity index (χ4v) is 4.17. The predicted molar refractivity (Wildman–Crippen MR) is 117 cm³/mol. The van der Waals surface area contributed by atoms with E-state index in [1.54, 1.807) is 37.3 Å². The van der Waals surface area contributed by atoms with Gasteiger partial charge in [0.25, 0.3) is 5.91 Å². The number of nitrogens with zero attached hydrogens (tertiary/aromatic N) is 1. The highest BCUT2D eigenvalue weighted by Crippen LogP contribution is 2.29. The molecular weight excluding hydrogens is 382 g/mol. The second-order valence-corrected chi connectivity index (χ2v) is 8.74. The van der Waals surface area contributed by atoms with Gasteiger partial charge in [-0.05, 0) is 37.8 Å². The number of carbonyl (C=O) groups excluding carboxylic acids is 2. The van der Waals surface area contributed by atoms with Gasteiger partial charge in [-0.2, -0.15) is 0 Å². The van der Waals surface area contributed by atoms with Gasteiger partial charge in [-0.15, -0.1) is 0 Å². The van der Waals surface area contributed by atoms with Crippen LogP contribution in [0.25, 0.3) is 0 Å². The SMILES string of the molecule is CO[C@@H]1CN(C)C(=O)c2ccc(NC(=O)C3CCCC3)cc2OC[C@H](C)NC[C@@H]1C. The molecule has 1 aliphatic carbocycles. The molecule has 166 valence electrons. The number of hydrogen-bond donors (Lipinski definition) is 2. The minimum Gasteiger partial charge on any atom is -0.491 e. The van der Waals surface area contributed by atoms with Gasteiger partial charge in [0.1, 0.15) is 12.4 Å². The van der Waals surface area contributed by atoms with Crippen LogP contribution in [0.2, 0.25) is 0 Å². The molecule has 3 rings (SSSR count). The van der Waals surface area contributed by atoms with Crippen molar-refractivity contribution in [1.82, 2.24) is 10.2 Å². The molecule has 2 N–H and O–H groups in total. The Hall–Kier alpha value is -2.12. The van der Waals surface area contributed by atoms with E-state index in [9.17, 15) is 9.59 Å².